The lowest BCUT2D eigenvalue weighted by molar-refractivity contribution is 0.163. The van der Waals surface area contributed by atoms with Crippen molar-refractivity contribution in [2.45, 2.75) is 10.6 Å². The van der Waals surface area contributed by atoms with E-state index >= 15 is 0 Å². The number of aliphatic hydroxyl groups excluding tert-OH is 1. The van der Waals surface area contributed by atoms with E-state index in [1.54, 1.807) is 24.3 Å². The molecule has 0 aliphatic rings. The maximum absolute atomic E-state index is 9.05. The molecule has 1 aromatic carbocycles. The summed E-state index contributed by atoms with van der Waals surface area (Å²) >= 11 is 11.6. The zero-order valence-electron chi connectivity index (χ0n) is 6.24. The first-order valence-corrected chi connectivity index (χ1v) is 4.17. The molecule has 66 valence electrons. The van der Waals surface area contributed by atoms with Crippen LogP contribution >= 0.6 is 23.2 Å². The van der Waals surface area contributed by atoms with Gasteiger partial charge in [-0.2, -0.15) is 0 Å². The normalized spacial score (nSPS) is 14.3. The molecule has 0 radical (unpaired) electrons. The average Bonchev–Trinajstić information content (AvgIpc) is 2.06. The number of hydrogen-bond acceptors (Lipinski definition) is 2. The summed E-state index contributed by atoms with van der Waals surface area (Å²) in [6.45, 7) is 0. The van der Waals surface area contributed by atoms with Crippen molar-refractivity contribution in [2.24, 2.45) is 5.73 Å². The van der Waals surface area contributed by atoms with Crippen molar-refractivity contribution >= 4 is 23.2 Å². The summed E-state index contributed by atoms with van der Waals surface area (Å²) in [5.74, 6) is 0. The fraction of sp³-hybridized carbons (Fsp3) is 0.250. The first-order chi connectivity index (χ1) is 5.55. The molecule has 1 atom stereocenters. The van der Waals surface area contributed by atoms with Gasteiger partial charge in [0.1, 0.15) is 6.23 Å². The van der Waals surface area contributed by atoms with Gasteiger partial charge >= 0.3 is 0 Å². The van der Waals surface area contributed by atoms with E-state index in [1.807, 2.05) is 6.07 Å². The third-order valence-electron chi connectivity index (χ3n) is 1.53. The lowest BCUT2D eigenvalue weighted by Crippen LogP contribution is -2.36. The number of rotatable bonds is 2. The van der Waals surface area contributed by atoms with Gasteiger partial charge in [-0.15, -0.1) is 0 Å². The Hall–Kier alpha value is -0.280. The molecule has 1 unspecified atom stereocenters. The van der Waals surface area contributed by atoms with Gasteiger partial charge in [0.15, 0.2) is 4.33 Å². The Bertz CT molecular complexity index is 248. The first kappa shape index (κ1) is 9.81. The molecule has 0 saturated carbocycles. The second-order valence-electron chi connectivity index (χ2n) is 2.43. The summed E-state index contributed by atoms with van der Waals surface area (Å²) in [7, 11) is 0. The van der Waals surface area contributed by atoms with Gasteiger partial charge in [0.25, 0.3) is 0 Å². The molecule has 2 nitrogen and oxygen atoms in total. The SMILES string of the molecule is NC(O)C(Cl)(Cl)c1ccccc1. The van der Waals surface area contributed by atoms with Crippen LogP contribution in [0.25, 0.3) is 0 Å². The molecule has 12 heavy (non-hydrogen) atoms. The largest absolute Gasteiger partial charge is 0.375 e. The molecule has 1 rings (SSSR count). The van der Waals surface area contributed by atoms with Crippen LogP contribution in [-0.2, 0) is 4.33 Å². The van der Waals surface area contributed by atoms with Crippen molar-refractivity contribution in [2.75, 3.05) is 0 Å². The Kier molecular flexibility index (Phi) is 2.96. The topological polar surface area (TPSA) is 46.2 Å². The van der Waals surface area contributed by atoms with Crippen LogP contribution in [0.2, 0.25) is 0 Å². The Morgan fingerprint density at radius 3 is 2.17 bits per heavy atom. The maximum Gasteiger partial charge on any atom is 0.181 e. The summed E-state index contributed by atoms with van der Waals surface area (Å²) in [5, 5.41) is 9.05. The van der Waals surface area contributed by atoms with Crippen molar-refractivity contribution in [3.63, 3.8) is 0 Å². The highest BCUT2D eigenvalue weighted by atomic mass is 35.5. The number of nitrogens with two attached hydrogens (primary N) is 1. The summed E-state index contributed by atoms with van der Waals surface area (Å²) < 4.78 is -1.43. The quantitative estimate of drug-likeness (QED) is 0.570. The zero-order chi connectivity index (χ0) is 9.19. The molecule has 4 heteroatoms. The number of hydrogen-bond donors (Lipinski definition) is 2. The van der Waals surface area contributed by atoms with E-state index in [0.29, 0.717) is 5.56 Å². The highest BCUT2D eigenvalue weighted by Gasteiger charge is 2.32. The molecule has 0 aliphatic carbocycles. The molecule has 0 aromatic heterocycles. The molecule has 0 bridgehead atoms. The zero-order valence-corrected chi connectivity index (χ0v) is 7.76. The van der Waals surface area contributed by atoms with Gasteiger partial charge in [-0.1, -0.05) is 53.5 Å². The average molecular weight is 206 g/mol. The van der Waals surface area contributed by atoms with Gasteiger partial charge in [-0.3, -0.25) is 0 Å². The molecular formula is C8H9Cl2NO. The summed E-state index contributed by atoms with van der Waals surface area (Å²) in [6.07, 6.45) is -1.29. The van der Waals surface area contributed by atoms with Crippen LogP contribution in [0.4, 0.5) is 0 Å². The van der Waals surface area contributed by atoms with Crippen molar-refractivity contribution < 1.29 is 5.11 Å². The van der Waals surface area contributed by atoms with Gasteiger partial charge < -0.3 is 10.8 Å². The molecule has 0 heterocycles. The monoisotopic (exact) mass is 205 g/mol. The predicted octanol–water partition coefficient (Wildman–Crippen LogP) is 1.59. The van der Waals surface area contributed by atoms with Crippen LogP contribution in [0.5, 0.6) is 0 Å². The van der Waals surface area contributed by atoms with Gasteiger partial charge in [-0.25, -0.2) is 0 Å². The highest BCUT2D eigenvalue weighted by Crippen LogP contribution is 2.35. The summed E-state index contributed by atoms with van der Waals surface area (Å²) in [6, 6.07) is 8.79. The van der Waals surface area contributed by atoms with E-state index in [0.717, 1.165) is 0 Å². The van der Waals surface area contributed by atoms with Gasteiger partial charge in [0.05, 0.1) is 0 Å². The number of benzene rings is 1. The van der Waals surface area contributed by atoms with E-state index in [4.69, 9.17) is 34.0 Å². The standard InChI is InChI=1S/C8H9Cl2NO/c9-8(10,7(11)12)6-4-2-1-3-5-6/h1-5,7,12H,11H2. The van der Waals surface area contributed by atoms with E-state index < -0.39 is 10.6 Å². The van der Waals surface area contributed by atoms with E-state index in [-0.39, 0.29) is 0 Å². The molecule has 1 aromatic rings. The Morgan fingerprint density at radius 2 is 1.75 bits per heavy atom. The molecule has 0 aliphatic heterocycles. The Labute approximate surface area is 80.9 Å². The minimum Gasteiger partial charge on any atom is -0.375 e. The van der Waals surface area contributed by atoms with Crippen molar-refractivity contribution in [3.8, 4) is 0 Å². The maximum atomic E-state index is 9.05. The second kappa shape index (κ2) is 3.62. The minimum atomic E-state index is -1.43. The smallest absolute Gasteiger partial charge is 0.181 e. The summed E-state index contributed by atoms with van der Waals surface area (Å²) in [5.41, 5.74) is 5.78. The Balaban J connectivity index is 2.98. The molecule has 0 spiro atoms. The Morgan fingerprint density at radius 1 is 1.25 bits per heavy atom. The van der Waals surface area contributed by atoms with Crippen LogP contribution < -0.4 is 5.73 Å². The molecule has 0 saturated heterocycles. The van der Waals surface area contributed by atoms with Crippen LogP contribution in [0.1, 0.15) is 5.56 Å². The lowest BCUT2D eigenvalue weighted by Gasteiger charge is -2.22. The van der Waals surface area contributed by atoms with Crippen molar-refractivity contribution in [3.05, 3.63) is 35.9 Å². The predicted molar refractivity (Wildman–Crippen MR) is 50.0 cm³/mol. The fourth-order valence-electron chi connectivity index (χ4n) is 0.831. The highest BCUT2D eigenvalue weighted by molar-refractivity contribution is 6.48. The molecule has 0 amide bonds. The van der Waals surface area contributed by atoms with Gasteiger partial charge in [-0.05, 0) is 5.56 Å². The fourth-order valence-corrected chi connectivity index (χ4v) is 1.08. The van der Waals surface area contributed by atoms with E-state index in [1.165, 1.54) is 0 Å². The number of aliphatic hydroxyl groups is 1. The van der Waals surface area contributed by atoms with Gasteiger partial charge in [0, 0.05) is 0 Å². The minimum absolute atomic E-state index is 0.586. The van der Waals surface area contributed by atoms with Crippen LogP contribution in [0.15, 0.2) is 30.3 Å². The van der Waals surface area contributed by atoms with Crippen LogP contribution in [-0.4, -0.2) is 11.3 Å². The van der Waals surface area contributed by atoms with E-state index in [2.05, 4.69) is 0 Å². The van der Waals surface area contributed by atoms with Crippen molar-refractivity contribution in [1.29, 1.82) is 0 Å². The van der Waals surface area contributed by atoms with E-state index in [9.17, 15) is 0 Å². The lowest BCUT2D eigenvalue weighted by atomic mass is 10.1. The van der Waals surface area contributed by atoms with Gasteiger partial charge in [0.2, 0.25) is 0 Å². The third-order valence-corrected chi connectivity index (χ3v) is 2.41. The number of halogens is 2. The molecule has 3 N–H and O–H groups in total. The summed E-state index contributed by atoms with van der Waals surface area (Å²) in [4.78, 5) is 0. The number of alkyl halides is 2. The molecular weight excluding hydrogens is 197 g/mol. The first-order valence-electron chi connectivity index (χ1n) is 3.42. The van der Waals surface area contributed by atoms with Crippen molar-refractivity contribution in [1.82, 2.24) is 0 Å². The third kappa shape index (κ3) is 1.90. The second-order valence-corrected chi connectivity index (χ2v) is 3.82. The van der Waals surface area contributed by atoms with Crippen LogP contribution in [0.3, 0.4) is 0 Å². The van der Waals surface area contributed by atoms with Crippen LogP contribution in [0, 0.1) is 0 Å². The molecule has 0 fully saturated rings.